The number of alkyl halides is 3. The van der Waals surface area contributed by atoms with E-state index in [4.69, 9.17) is 14.2 Å². The van der Waals surface area contributed by atoms with Gasteiger partial charge in [0.15, 0.2) is 0 Å². The minimum Gasteiger partial charge on any atom is -0.496 e. The number of hydrogen-bond acceptors (Lipinski definition) is 6. The molecule has 0 aliphatic carbocycles. The number of hydrogen-bond donors (Lipinski definition) is 0. The second-order valence-corrected chi connectivity index (χ2v) is 8.21. The zero-order chi connectivity index (χ0) is 25.1. The van der Waals surface area contributed by atoms with Gasteiger partial charge in [0.2, 0.25) is 11.7 Å². The van der Waals surface area contributed by atoms with Crippen LogP contribution in [0.1, 0.15) is 15.9 Å². The van der Waals surface area contributed by atoms with Crippen LogP contribution in [0.4, 0.5) is 13.2 Å². The molecule has 0 saturated carbocycles. The highest BCUT2D eigenvalue weighted by molar-refractivity contribution is 5.94. The summed E-state index contributed by atoms with van der Waals surface area (Å²) in [7, 11) is 1.55. The van der Waals surface area contributed by atoms with E-state index in [0.29, 0.717) is 12.3 Å². The topological polar surface area (TPSA) is 77.5 Å². The number of methoxy groups -OCH3 is 1. The highest BCUT2D eigenvalue weighted by Crippen LogP contribution is 2.28. The third kappa shape index (κ3) is 6.04. The van der Waals surface area contributed by atoms with Crippen molar-refractivity contribution >= 4 is 11.8 Å². The zero-order valence-electron chi connectivity index (χ0n) is 19.0. The summed E-state index contributed by atoms with van der Waals surface area (Å²) in [5.74, 6) is -1.47. The van der Waals surface area contributed by atoms with Gasteiger partial charge in [0, 0.05) is 24.2 Å². The van der Waals surface area contributed by atoms with Gasteiger partial charge >= 0.3 is 6.36 Å². The van der Waals surface area contributed by atoms with E-state index in [1.54, 1.807) is 18.1 Å². The lowest BCUT2D eigenvalue weighted by Crippen LogP contribution is -2.63. The van der Waals surface area contributed by atoms with Crippen LogP contribution in [0.3, 0.4) is 0 Å². The van der Waals surface area contributed by atoms with Gasteiger partial charge in [0.05, 0.1) is 39.8 Å². The Kier molecular flexibility index (Phi) is 7.18. The van der Waals surface area contributed by atoms with Crippen molar-refractivity contribution in [1.82, 2.24) is 9.80 Å². The smallest absolute Gasteiger partial charge is 0.496 e. The maximum Gasteiger partial charge on any atom is 0.573 e. The van der Waals surface area contributed by atoms with Crippen LogP contribution in [0.5, 0.6) is 11.5 Å². The predicted octanol–water partition coefficient (Wildman–Crippen LogP) is 2.86. The number of amides is 2. The van der Waals surface area contributed by atoms with Crippen LogP contribution >= 0.6 is 0 Å². The van der Waals surface area contributed by atoms with E-state index >= 15 is 0 Å². The molecule has 1 atom stereocenters. The molecule has 0 bridgehead atoms. The van der Waals surface area contributed by atoms with Crippen molar-refractivity contribution in [2.75, 3.05) is 46.5 Å². The summed E-state index contributed by atoms with van der Waals surface area (Å²) < 4.78 is 58.1. The van der Waals surface area contributed by atoms with Gasteiger partial charge in [0.1, 0.15) is 11.5 Å². The fourth-order valence-electron chi connectivity index (χ4n) is 4.19. The fraction of sp³-hybridized carbons (Fsp3) is 0.417. The monoisotopic (exact) mass is 494 g/mol. The van der Waals surface area contributed by atoms with Crippen molar-refractivity contribution in [3.63, 3.8) is 0 Å². The first kappa shape index (κ1) is 24.8. The van der Waals surface area contributed by atoms with Gasteiger partial charge < -0.3 is 28.7 Å². The molecule has 4 rings (SSSR count). The number of ether oxygens (including phenoxy) is 4. The third-order valence-corrected chi connectivity index (χ3v) is 5.83. The van der Waals surface area contributed by atoms with E-state index in [0.717, 1.165) is 17.7 Å². The minimum atomic E-state index is -4.81. The summed E-state index contributed by atoms with van der Waals surface area (Å²) in [4.78, 5) is 29.2. The number of morpholine rings is 2. The van der Waals surface area contributed by atoms with E-state index in [9.17, 15) is 22.8 Å². The lowest BCUT2D eigenvalue weighted by Gasteiger charge is -2.47. The zero-order valence-corrected chi connectivity index (χ0v) is 19.0. The lowest BCUT2D eigenvalue weighted by molar-refractivity contribution is -0.284. The third-order valence-electron chi connectivity index (χ3n) is 5.83. The van der Waals surface area contributed by atoms with Gasteiger partial charge in [-0.15, -0.1) is 13.2 Å². The number of carbonyl (C=O) groups is 2. The Morgan fingerprint density at radius 1 is 0.971 bits per heavy atom. The van der Waals surface area contributed by atoms with Crippen molar-refractivity contribution in [3.8, 4) is 11.5 Å². The molecule has 0 N–H and O–H groups in total. The molecule has 2 aromatic rings. The first-order valence-corrected chi connectivity index (χ1v) is 11.0. The molecule has 8 nitrogen and oxygen atoms in total. The Hall–Kier alpha value is -3.31. The summed E-state index contributed by atoms with van der Waals surface area (Å²) in [6, 6.07) is 12.0. The van der Waals surface area contributed by atoms with Crippen molar-refractivity contribution in [2.45, 2.75) is 18.6 Å². The molecule has 1 spiro atoms. The van der Waals surface area contributed by atoms with Gasteiger partial charge in [-0.25, -0.2) is 0 Å². The van der Waals surface area contributed by atoms with E-state index in [1.165, 1.54) is 17.0 Å². The van der Waals surface area contributed by atoms with Crippen LogP contribution in [0.25, 0.3) is 0 Å². The average Bonchev–Trinajstić information content (AvgIpc) is 2.83. The maximum atomic E-state index is 13.0. The highest BCUT2D eigenvalue weighted by Gasteiger charge is 2.44. The first-order valence-electron chi connectivity index (χ1n) is 11.0. The molecular formula is C24H25F3N2O6. The summed E-state index contributed by atoms with van der Waals surface area (Å²) >= 11 is 0. The lowest BCUT2D eigenvalue weighted by atomic mass is 10.1. The van der Waals surface area contributed by atoms with Crippen LogP contribution in [0, 0.1) is 0 Å². The Balaban J connectivity index is 1.41. The second kappa shape index (κ2) is 10.1. The van der Waals surface area contributed by atoms with Gasteiger partial charge in [-0.3, -0.25) is 9.59 Å². The van der Waals surface area contributed by atoms with E-state index in [2.05, 4.69) is 4.74 Å². The normalized spacial score (nSPS) is 20.6. The molecule has 11 heteroatoms. The Morgan fingerprint density at radius 2 is 1.60 bits per heavy atom. The van der Waals surface area contributed by atoms with Crippen molar-refractivity contribution in [3.05, 3.63) is 59.7 Å². The highest BCUT2D eigenvalue weighted by atomic mass is 19.4. The molecule has 2 aliphatic rings. The number of rotatable bonds is 5. The molecule has 2 fully saturated rings. The molecule has 2 aliphatic heterocycles. The van der Waals surface area contributed by atoms with Gasteiger partial charge in [-0.1, -0.05) is 18.2 Å². The van der Waals surface area contributed by atoms with E-state index < -0.39 is 17.9 Å². The number of halogens is 3. The Morgan fingerprint density at radius 3 is 2.26 bits per heavy atom. The van der Waals surface area contributed by atoms with Gasteiger partial charge in [0.25, 0.3) is 5.91 Å². The summed E-state index contributed by atoms with van der Waals surface area (Å²) in [5.41, 5.74) is 0.969. The van der Waals surface area contributed by atoms with Crippen LogP contribution in [0.2, 0.25) is 0 Å². The molecule has 2 aromatic carbocycles. The number of para-hydroxylation sites is 1. The van der Waals surface area contributed by atoms with Crippen LogP contribution in [-0.4, -0.2) is 80.3 Å². The largest absolute Gasteiger partial charge is 0.573 e. The molecule has 2 saturated heterocycles. The summed E-state index contributed by atoms with van der Waals surface area (Å²) in [5, 5.41) is 0. The van der Waals surface area contributed by atoms with Crippen molar-refractivity contribution < 1.29 is 41.7 Å². The molecule has 1 unspecified atom stereocenters. The van der Waals surface area contributed by atoms with E-state index in [-0.39, 0.29) is 56.6 Å². The standard InChI is InChI=1S/C24H25F3N2O6/c1-32-20-5-3-2-4-18(20)14-21(30)28-10-12-33-23(15-28)16-29(11-13-34-23)22(31)17-6-8-19(9-7-17)35-24(25,26)27/h2-9H,10-16H2,1H3. The van der Waals surface area contributed by atoms with Crippen LogP contribution in [-0.2, 0) is 20.7 Å². The maximum absolute atomic E-state index is 13.0. The predicted molar refractivity (Wildman–Crippen MR) is 117 cm³/mol. The fourth-order valence-corrected chi connectivity index (χ4v) is 4.19. The van der Waals surface area contributed by atoms with Gasteiger partial charge in [-0.2, -0.15) is 0 Å². The minimum absolute atomic E-state index is 0.0745. The molecule has 188 valence electrons. The molecule has 2 amide bonds. The molecule has 2 heterocycles. The Bertz CT molecular complexity index is 1060. The number of benzene rings is 2. The second-order valence-electron chi connectivity index (χ2n) is 8.21. The molecule has 35 heavy (non-hydrogen) atoms. The van der Waals surface area contributed by atoms with Gasteiger partial charge in [-0.05, 0) is 30.3 Å². The number of carbonyl (C=O) groups excluding carboxylic acids is 2. The molecule has 0 aromatic heterocycles. The van der Waals surface area contributed by atoms with Crippen LogP contribution in [0.15, 0.2) is 48.5 Å². The summed E-state index contributed by atoms with van der Waals surface area (Å²) in [6.45, 7) is 1.31. The average molecular weight is 494 g/mol. The Labute approximate surface area is 200 Å². The van der Waals surface area contributed by atoms with Crippen LogP contribution < -0.4 is 9.47 Å². The quantitative estimate of drug-likeness (QED) is 0.637. The number of nitrogens with zero attached hydrogens (tertiary/aromatic N) is 2. The molecular weight excluding hydrogens is 469 g/mol. The first-order chi connectivity index (χ1) is 16.7. The van der Waals surface area contributed by atoms with E-state index in [1.807, 2.05) is 18.2 Å². The molecule has 0 radical (unpaired) electrons. The SMILES string of the molecule is COc1ccccc1CC(=O)N1CCOC2(C1)CN(C(=O)c1ccc(OC(F)(F)F)cc1)CCO2. The van der Waals surface area contributed by atoms with Crippen molar-refractivity contribution in [1.29, 1.82) is 0 Å². The van der Waals surface area contributed by atoms with Crippen molar-refractivity contribution in [2.24, 2.45) is 0 Å². The summed E-state index contributed by atoms with van der Waals surface area (Å²) in [6.07, 6.45) is -4.66.